The SMILES string of the molecule is CCSc1ncc2c(=O)[nH]c(=S)[nH]c2n1. The molecule has 2 aromatic rings. The molecule has 0 saturated carbocycles. The second-order valence-corrected chi connectivity index (χ2v) is 4.40. The molecule has 0 aliphatic carbocycles. The first kappa shape index (κ1) is 10.3. The maximum Gasteiger partial charge on any atom is 0.262 e. The van der Waals surface area contributed by atoms with Gasteiger partial charge in [-0.2, -0.15) is 0 Å². The zero-order valence-corrected chi connectivity index (χ0v) is 9.54. The minimum absolute atomic E-state index is 0.262. The van der Waals surface area contributed by atoms with Crippen LogP contribution in [0.25, 0.3) is 11.0 Å². The first-order chi connectivity index (χ1) is 7.20. The fraction of sp³-hybridized carbons (Fsp3) is 0.250. The molecule has 0 unspecified atom stereocenters. The maximum absolute atomic E-state index is 11.4. The van der Waals surface area contributed by atoms with E-state index < -0.39 is 0 Å². The lowest BCUT2D eigenvalue weighted by Crippen LogP contribution is -2.09. The van der Waals surface area contributed by atoms with Crippen molar-refractivity contribution < 1.29 is 0 Å². The van der Waals surface area contributed by atoms with Gasteiger partial charge in [0.05, 0.1) is 0 Å². The van der Waals surface area contributed by atoms with Crippen LogP contribution in [0.3, 0.4) is 0 Å². The summed E-state index contributed by atoms with van der Waals surface area (Å²) in [5.41, 5.74) is 0.219. The van der Waals surface area contributed by atoms with Crippen LogP contribution in [0.5, 0.6) is 0 Å². The number of rotatable bonds is 2. The summed E-state index contributed by atoms with van der Waals surface area (Å²) < 4.78 is 0.277. The van der Waals surface area contributed by atoms with Crippen LogP contribution >= 0.6 is 24.0 Å². The van der Waals surface area contributed by atoms with Crippen LogP contribution in [0.15, 0.2) is 16.1 Å². The van der Waals surface area contributed by atoms with Crippen molar-refractivity contribution in [2.75, 3.05) is 5.75 Å². The van der Waals surface area contributed by atoms with Crippen LogP contribution in [0.1, 0.15) is 6.92 Å². The lowest BCUT2D eigenvalue weighted by Gasteiger charge is -1.98. The number of H-pyrrole nitrogens is 2. The molecule has 0 spiro atoms. The molecule has 0 aromatic carbocycles. The predicted molar refractivity (Wildman–Crippen MR) is 61.7 cm³/mol. The Morgan fingerprint density at radius 3 is 3.07 bits per heavy atom. The number of fused-ring (bicyclic) bond motifs is 1. The molecule has 0 radical (unpaired) electrons. The maximum atomic E-state index is 11.4. The summed E-state index contributed by atoms with van der Waals surface area (Å²) in [7, 11) is 0. The number of nitrogens with one attached hydrogen (secondary N) is 2. The molecule has 5 nitrogen and oxygen atoms in total. The third-order valence-corrected chi connectivity index (χ3v) is 2.69. The minimum Gasteiger partial charge on any atom is -0.316 e. The Labute approximate surface area is 94.4 Å². The van der Waals surface area contributed by atoms with Gasteiger partial charge in [0.1, 0.15) is 11.0 Å². The van der Waals surface area contributed by atoms with E-state index in [1.807, 2.05) is 6.92 Å². The van der Waals surface area contributed by atoms with E-state index >= 15 is 0 Å². The monoisotopic (exact) mass is 240 g/mol. The summed E-state index contributed by atoms with van der Waals surface area (Å²) >= 11 is 6.37. The molecule has 0 saturated heterocycles. The average Bonchev–Trinajstić information content (AvgIpc) is 2.17. The van der Waals surface area contributed by atoms with E-state index in [1.54, 1.807) is 0 Å². The van der Waals surface area contributed by atoms with E-state index in [-0.39, 0.29) is 10.3 Å². The van der Waals surface area contributed by atoms with E-state index in [0.29, 0.717) is 16.2 Å². The van der Waals surface area contributed by atoms with Gasteiger partial charge in [-0.1, -0.05) is 18.7 Å². The lowest BCUT2D eigenvalue weighted by atomic mass is 10.4. The van der Waals surface area contributed by atoms with Gasteiger partial charge in [0, 0.05) is 6.20 Å². The average molecular weight is 240 g/mol. The number of thioether (sulfide) groups is 1. The van der Waals surface area contributed by atoms with Crippen LogP contribution in [-0.4, -0.2) is 25.7 Å². The predicted octanol–water partition coefficient (Wildman–Crippen LogP) is 1.49. The van der Waals surface area contributed by atoms with Crippen molar-refractivity contribution in [2.24, 2.45) is 0 Å². The highest BCUT2D eigenvalue weighted by molar-refractivity contribution is 7.99. The Balaban J connectivity index is 2.71. The van der Waals surface area contributed by atoms with E-state index in [9.17, 15) is 4.79 Å². The Bertz CT molecular complexity index is 603. The summed E-state index contributed by atoms with van der Waals surface area (Å²) in [6, 6.07) is 0. The molecule has 2 heterocycles. The second kappa shape index (κ2) is 4.11. The zero-order chi connectivity index (χ0) is 10.8. The number of hydrogen-bond donors (Lipinski definition) is 2. The Morgan fingerprint density at radius 2 is 2.33 bits per heavy atom. The third kappa shape index (κ3) is 2.07. The van der Waals surface area contributed by atoms with Crippen LogP contribution in [0, 0.1) is 4.77 Å². The number of aromatic amines is 2. The molecular weight excluding hydrogens is 232 g/mol. The van der Waals surface area contributed by atoms with E-state index in [0.717, 1.165) is 5.75 Å². The summed E-state index contributed by atoms with van der Waals surface area (Å²) in [6.07, 6.45) is 1.50. The highest BCUT2D eigenvalue weighted by atomic mass is 32.2. The summed E-state index contributed by atoms with van der Waals surface area (Å²) in [6.45, 7) is 2.01. The topological polar surface area (TPSA) is 74.4 Å². The van der Waals surface area contributed by atoms with Gasteiger partial charge in [-0.3, -0.25) is 9.78 Å². The van der Waals surface area contributed by atoms with Gasteiger partial charge in [-0.05, 0) is 18.0 Å². The molecule has 78 valence electrons. The van der Waals surface area contributed by atoms with Crippen molar-refractivity contribution in [2.45, 2.75) is 12.1 Å². The Kier molecular flexibility index (Phi) is 2.83. The smallest absolute Gasteiger partial charge is 0.262 e. The quantitative estimate of drug-likeness (QED) is 0.472. The van der Waals surface area contributed by atoms with E-state index in [4.69, 9.17) is 12.2 Å². The van der Waals surface area contributed by atoms with E-state index in [1.165, 1.54) is 18.0 Å². The minimum atomic E-state index is -0.262. The first-order valence-corrected chi connectivity index (χ1v) is 5.72. The molecule has 15 heavy (non-hydrogen) atoms. The normalized spacial score (nSPS) is 10.7. The van der Waals surface area contributed by atoms with Gasteiger partial charge in [-0.25, -0.2) is 9.97 Å². The third-order valence-electron chi connectivity index (χ3n) is 1.74. The summed E-state index contributed by atoms with van der Waals surface area (Å²) in [5.74, 6) is 0.884. The van der Waals surface area contributed by atoms with Crippen molar-refractivity contribution >= 4 is 35.0 Å². The highest BCUT2D eigenvalue weighted by Crippen LogP contribution is 2.12. The molecule has 0 aliphatic heterocycles. The van der Waals surface area contributed by atoms with Crippen LogP contribution in [-0.2, 0) is 0 Å². The van der Waals surface area contributed by atoms with Gasteiger partial charge in [0.25, 0.3) is 5.56 Å². The van der Waals surface area contributed by atoms with Gasteiger partial charge in [0.15, 0.2) is 9.93 Å². The van der Waals surface area contributed by atoms with Gasteiger partial charge in [-0.15, -0.1) is 0 Å². The molecular formula is C8H8N4OS2. The molecule has 2 aromatic heterocycles. The van der Waals surface area contributed by atoms with Gasteiger partial charge in [0.2, 0.25) is 0 Å². The Morgan fingerprint density at radius 1 is 1.53 bits per heavy atom. The van der Waals surface area contributed by atoms with Gasteiger partial charge >= 0.3 is 0 Å². The molecule has 0 aliphatic rings. The van der Waals surface area contributed by atoms with Crippen molar-refractivity contribution in [3.8, 4) is 0 Å². The fourth-order valence-corrected chi connectivity index (χ4v) is 1.87. The molecule has 0 bridgehead atoms. The molecule has 0 atom stereocenters. The van der Waals surface area contributed by atoms with Crippen LogP contribution in [0.4, 0.5) is 0 Å². The zero-order valence-electron chi connectivity index (χ0n) is 7.90. The number of nitrogens with zero attached hydrogens (tertiary/aromatic N) is 2. The largest absolute Gasteiger partial charge is 0.316 e. The number of hydrogen-bond acceptors (Lipinski definition) is 5. The lowest BCUT2D eigenvalue weighted by molar-refractivity contribution is 0.971. The highest BCUT2D eigenvalue weighted by Gasteiger charge is 2.03. The van der Waals surface area contributed by atoms with Crippen molar-refractivity contribution in [3.05, 3.63) is 21.3 Å². The summed E-state index contributed by atoms with van der Waals surface area (Å²) in [5, 5.41) is 1.06. The van der Waals surface area contributed by atoms with E-state index in [2.05, 4.69) is 19.9 Å². The fourth-order valence-electron chi connectivity index (χ4n) is 1.13. The summed E-state index contributed by atoms with van der Waals surface area (Å²) in [4.78, 5) is 25.0. The molecule has 7 heteroatoms. The standard InChI is InChI=1S/C8H8N4OS2/c1-2-15-8-9-3-4-5(11-8)10-7(14)12-6(4)13/h3H,2H2,1H3,(H2,9,10,11,12,13,14). The van der Waals surface area contributed by atoms with Crippen molar-refractivity contribution in [1.82, 2.24) is 19.9 Å². The van der Waals surface area contributed by atoms with Gasteiger partial charge < -0.3 is 4.98 Å². The first-order valence-electron chi connectivity index (χ1n) is 4.33. The molecule has 2 N–H and O–H groups in total. The Hall–Kier alpha value is -1.21. The van der Waals surface area contributed by atoms with Crippen molar-refractivity contribution in [3.63, 3.8) is 0 Å². The molecule has 0 fully saturated rings. The molecule has 2 rings (SSSR count). The molecule has 0 amide bonds. The van der Waals surface area contributed by atoms with Crippen molar-refractivity contribution in [1.29, 1.82) is 0 Å². The second-order valence-electron chi connectivity index (χ2n) is 2.76. The van der Waals surface area contributed by atoms with Crippen LogP contribution < -0.4 is 5.56 Å². The number of aromatic nitrogens is 4. The van der Waals surface area contributed by atoms with Crippen LogP contribution in [0.2, 0.25) is 0 Å².